The topological polar surface area (TPSA) is 107 Å². The summed E-state index contributed by atoms with van der Waals surface area (Å²) in [6.45, 7) is 4.62. The average Bonchev–Trinajstić information content (AvgIpc) is 3.41. The molecule has 5 rings (SSSR count). The Bertz CT molecular complexity index is 1300. The second-order valence-corrected chi connectivity index (χ2v) is 10.7. The van der Waals surface area contributed by atoms with E-state index in [1.165, 1.54) is 27.7 Å². The number of fused-ring (bicyclic) bond motifs is 3. The maximum atomic E-state index is 13.7. The van der Waals surface area contributed by atoms with E-state index in [2.05, 4.69) is 19.9 Å². The second kappa shape index (κ2) is 10.9. The molecule has 2 heterocycles. The van der Waals surface area contributed by atoms with Crippen LogP contribution in [0.2, 0.25) is 0 Å². The number of nitrogens with zero attached hydrogens (tertiary/aromatic N) is 1. The second-order valence-electron chi connectivity index (χ2n) is 10.7. The van der Waals surface area contributed by atoms with Crippen LogP contribution in [0.5, 0.6) is 5.75 Å². The molecule has 4 atom stereocenters. The zero-order valence-electron chi connectivity index (χ0n) is 21.8. The molecule has 2 fully saturated rings. The van der Waals surface area contributed by atoms with Gasteiger partial charge >= 0.3 is 7.12 Å². The molecule has 1 aliphatic carbocycles. The third kappa shape index (κ3) is 4.96. The summed E-state index contributed by atoms with van der Waals surface area (Å²) in [6, 6.07) is 13.5. The van der Waals surface area contributed by atoms with Crippen molar-refractivity contribution in [3.05, 3.63) is 70.8 Å². The smallest absolute Gasteiger partial charge is 0.488 e. The normalized spacial score (nSPS) is 25.2. The molecular formula is C30H34BNO6. The van der Waals surface area contributed by atoms with Crippen molar-refractivity contribution in [1.82, 2.24) is 0 Å². The number of carbonyl (C=O) groups is 2. The number of hydrogen-bond donors (Lipinski definition) is 3. The minimum atomic E-state index is -1.68. The van der Waals surface area contributed by atoms with Crippen LogP contribution in [0.4, 0.5) is 5.69 Å². The molecule has 3 N–H and O–H groups in total. The molecule has 3 aliphatic rings. The third-order valence-electron chi connectivity index (χ3n) is 8.07. The first-order valence-corrected chi connectivity index (χ1v) is 13.4. The minimum Gasteiger partial charge on any atom is -0.508 e. The van der Waals surface area contributed by atoms with Crippen LogP contribution in [0.15, 0.2) is 65.3 Å². The van der Waals surface area contributed by atoms with Crippen molar-refractivity contribution in [2.45, 2.75) is 52.1 Å². The van der Waals surface area contributed by atoms with Crippen molar-refractivity contribution < 1.29 is 29.5 Å². The molecule has 2 amide bonds. The molecule has 7 nitrogen and oxygen atoms in total. The average molecular weight is 515 g/mol. The molecule has 0 spiro atoms. The minimum absolute atomic E-state index is 0.0835. The van der Waals surface area contributed by atoms with Gasteiger partial charge in [-0.2, -0.15) is 0 Å². The predicted octanol–water partition coefficient (Wildman–Crippen LogP) is 3.58. The molecule has 2 aromatic carbocycles. The fourth-order valence-corrected chi connectivity index (χ4v) is 6.42. The lowest BCUT2D eigenvalue weighted by Crippen LogP contribution is -2.35. The Morgan fingerprint density at radius 2 is 1.89 bits per heavy atom. The number of rotatable bonds is 8. The number of carbonyl (C=O) groups excluding carboxylic acids is 2. The van der Waals surface area contributed by atoms with Gasteiger partial charge in [0.25, 0.3) is 0 Å². The van der Waals surface area contributed by atoms with Crippen LogP contribution in [-0.2, 0) is 14.3 Å². The van der Waals surface area contributed by atoms with Crippen LogP contribution < -0.4 is 10.4 Å². The molecule has 38 heavy (non-hydrogen) atoms. The summed E-state index contributed by atoms with van der Waals surface area (Å²) in [5, 5.41) is 28.9. The number of anilines is 1. The molecule has 0 aromatic heterocycles. The van der Waals surface area contributed by atoms with Gasteiger partial charge in [0, 0.05) is 5.92 Å². The van der Waals surface area contributed by atoms with Gasteiger partial charge in [0.05, 0.1) is 30.2 Å². The highest BCUT2D eigenvalue weighted by Crippen LogP contribution is 2.51. The highest BCUT2D eigenvalue weighted by Gasteiger charge is 2.57. The van der Waals surface area contributed by atoms with Gasteiger partial charge in [-0.15, -0.1) is 0 Å². The fourth-order valence-electron chi connectivity index (χ4n) is 6.42. The molecule has 0 radical (unpaired) electrons. The lowest BCUT2D eigenvalue weighted by atomic mass is 9.68. The van der Waals surface area contributed by atoms with Crippen molar-refractivity contribution in [3.63, 3.8) is 0 Å². The fraction of sp³-hybridized carbons (Fsp3) is 0.400. The largest absolute Gasteiger partial charge is 0.508 e. The predicted molar refractivity (Wildman–Crippen MR) is 147 cm³/mol. The van der Waals surface area contributed by atoms with E-state index in [0.29, 0.717) is 18.7 Å². The molecule has 0 saturated carbocycles. The summed E-state index contributed by atoms with van der Waals surface area (Å²) >= 11 is 0. The van der Waals surface area contributed by atoms with Gasteiger partial charge in [-0.3, -0.25) is 14.5 Å². The summed E-state index contributed by atoms with van der Waals surface area (Å²) in [5.41, 5.74) is 5.20. The summed E-state index contributed by atoms with van der Waals surface area (Å²) in [7, 11) is -1.68. The maximum absolute atomic E-state index is 13.7. The Hall–Kier alpha value is -3.20. The van der Waals surface area contributed by atoms with E-state index in [4.69, 9.17) is 4.74 Å². The Labute approximate surface area is 223 Å². The summed E-state index contributed by atoms with van der Waals surface area (Å²) in [6.07, 6.45) is 5.98. The van der Waals surface area contributed by atoms with Crippen LogP contribution in [0.1, 0.15) is 51.5 Å². The number of phenolic OH excluding ortho intramolecular Hbond substituents is 1. The first-order chi connectivity index (χ1) is 18.3. The van der Waals surface area contributed by atoms with E-state index in [1.54, 1.807) is 30.3 Å². The van der Waals surface area contributed by atoms with Crippen molar-refractivity contribution in [2.24, 2.45) is 17.8 Å². The Morgan fingerprint density at radius 1 is 1.11 bits per heavy atom. The van der Waals surface area contributed by atoms with E-state index in [0.717, 1.165) is 31.2 Å². The quantitative estimate of drug-likeness (QED) is 0.282. The van der Waals surface area contributed by atoms with Gasteiger partial charge in [-0.1, -0.05) is 54.8 Å². The van der Waals surface area contributed by atoms with Gasteiger partial charge in [0.1, 0.15) is 5.75 Å². The highest BCUT2D eigenvalue weighted by atomic mass is 16.5. The molecule has 198 valence electrons. The number of allylic oxidation sites excluding steroid dienone is 2. The number of imide groups is 1. The van der Waals surface area contributed by atoms with Crippen LogP contribution in [-0.4, -0.2) is 46.8 Å². The Balaban J connectivity index is 1.38. The summed E-state index contributed by atoms with van der Waals surface area (Å²) in [4.78, 5) is 28.5. The molecule has 8 heteroatoms. The molecule has 2 saturated heterocycles. The maximum Gasteiger partial charge on any atom is 0.488 e. The molecule has 2 aromatic rings. The monoisotopic (exact) mass is 515 g/mol. The van der Waals surface area contributed by atoms with E-state index in [-0.39, 0.29) is 35.0 Å². The first kappa shape index (κ1) is 26.4. The van der Waals surface area contributed by atoms with Crippen molar-refractivity contribution in [2.75, 3.05) is 11.5 Å². The van der Waals surface area contributed by atoms with Crippen LogP contribution in [0, 0.1) is 17.8 Å². The number of amides is 2. The zero-order valence-corrected chi connectivity index (χ0v) is 21.8. The molecule has 0 bridgehead atoms. The van der Waals surface area contributed by atoms with Crippen molar-refractivity contribution in [3.8, 4) is 5.75 Å². The Kier molecular flexibility index (Phi) is 7.57. The number of phenols is 1. The van der Waals surface area contributed by atoms with Crippen molar-refractivity contribution >= 4 is 36.2 Å². The van der Waals surface area contributed by atoms with E-state index in [9.17, 15) is 24.7 Å². The standard InChI is InChI=1S/C30H34BNO6/c1-3-6-20-15-24-28(30(35)32(29(24)34)22-9-5-8-21(16-22)31(36)37)25-17-38-26(27(20)25)12-11-18(2)13-19-7-4-10-23(33)14-19/h4-5,7-10,13-14,16,24-26,28,33,36-37H,3,6,11-12,15,17H2,1-2H3/b18-13+/t24-,25+,26-,28-/m1/s1. The lowest BCUT2D eigenvalue weighted by molar-refractivity contribution is -0.122. The van der Waals surface area contributed by atoms with Gasteiger partial charge in [-0.05, 0) is 73.5 Å². The Morgan fingerprint density at radius 3 is 2.63 bits per heavy atom. The van der Waals surface area contributed by atoms with E-state index in [1.807, 2.05) is 12.1 Å². The highest BCUT2D eigenvalue weighted by molar-refractivity contribution is 6.58. The first-order valence-electron chi connectivity index (χ1n) is 13.4. The lowest BCUT2D eigenvalue weighted by Gasteiger charge is -2.31. The van der Waals surface area contributed by atoms with Gasteiger partial charge in [0.2, 0.25) is 11.8 Å². The summed E-state index contributed by atoms with van der Waals surface area (Å²) < 4.78 is 6.31. The van der Waals surface area contributed by atoms with Gasteiger partial charge in [-0.25, -0.2) is 0 Å². The van der Waals surface area contributed by atoms with E-state index >= 15 is 0 Å². The van der Waals surface area contributed by atoms with Gasteiger partial charge < -0.3 is 19.9 Å². The molecular weight excluding hydrogens is 481 g/mol. The molecule has 2 aliphatic heterocycles. The molecule has 0 unspecified atom stereocenters. The summed E-state index contributed by atoms with van der Waals surface area (Å²) in [5.74, 6) is -1.21. The van der Waals surface area contributed by atoms with Crippen LogP contribution in [0.25, 0.3) is 6.08 Å². The SMILES string of the molecule is CCCC1=C2[C@@H](CC/C(C)=C/c3cccc(O)c3)OC[C@@H]2[C@@H]2C(=O)N(c3cccc(B(O)O)c3)C(=O)[C@@H]2C1. The third-order valence-corrected chi connectivity index (χ3v) is 8.07. The number of benzene rings is 2. The van der Waals surface area contributed by atoms with Crippen LogP contribution >= 0.6 is 0 Å². The van der Waals surface area contributed by atoms with Crippen LogP contribution in [0.3, 0.4) is 0 Å². The number of hydrogen-bond acceptors (Lipinski definition) is 6. The number of ether oxygens (including phenoxy) is 1. The zero-order chi connectivity index (χ0) is 27.0. The number of aromatic hydroxyl groups is 1. The van der Waals surface area contributed by atoms with Gasteiger partial charge in [0.15, 0.2) is 0 Å². The van der Waals surface area contributed by atoms with E-state index < -0.39 is 19.0 Å². The van der Waals surface area contributed by atoms with Crippen molar-refractivity contribution in [1.29, 1.82) is 0 Å².